The SMILES string of the molecule is Cc1ccc(CN2CCO[C@H]3CN(Cc4ccc(Cl)c(F)c4)C[C@H]32)o1. The number of hydrogen-bond acceptors (Lipinski definition) is 4. The Bertz CT molecular complexity index is 751. The monoisotopic (exact) mass is 364 g/mol. The van der Waals surface area contributed by atoms with E-state index >= 15 is 0 Å². The minimum Gasteiger partial charge on any atom is -0.465 e. The molecular formula is C19H22ClFN2O2. The van der Waals surface area contributed by atoms with Gasteiger partial charge in [0.05, 0.1) is 30.3 Å². The zero-order valence-corrected chi connectivity index (χ0v) is 15.0. The fourth-order valence-electron chi connectivity index (χ4n) is 3.83. The maximum Gasteiger partial charge on any atom is 0.142 e. The van der Waals surface area contributed by atoms with E-state index in [1.54, 1.807) is 6.07 Å². The molecule has 2 aromatic rings. The van der Waals surface area contributed by atoms with Crippen LogP contribution in [0.5, 0.6) is 0 Å². The number of aryl methyl sites for hydroxylation is 1. The quantitative estimate of drug-likeness (QED) is 0.830. The first-order valence-corrected chi connectivity index (χ1v) is 9.03. The molecule has 2 atom stereocenters. The van der Waals surface area contributed by atoms with Gasteiger partial charge >= 0.3 is 0 Å². The molecule has 6 heteroatoms. The highest BCUT2D eigenvalue weighted by Crippen LogP contribution is 2.26. The van der Waals surface area contributed by atoms with Crippen LogP contribution in [0.15, 0.2) is 34.7 Å². The van der Waals surface area contributed by atoms with Gasteiger partial charge in [-0.1, -0.05) is 17.7 Å². The fourth-order valence-corrected chi connectivity index (χ4v) is 3.94. The molecule has 2 aliphatic rings. The van der Waals surface area contributed by atoms with Gasteiger partial charge in [-0.15, -0.1) is 0 Å². The Balaban J connectivity index is 1.42. The Hall–Kier alpha value is -1.40. The first kappa shape index (κ1) is 17.0. The van der Waals surface area contributed by atoms with Gasteiger partial charge in [0.2, 0.25) is 0 Å². The van der Waals surface area contributed by atoms with Crippen LogP contribution in [-0.2, 0) is 17.8 Å². The van der Waals surface area contributed by atoms with Crippen molar-refractivity contribution in [3.63, 3.8) is 0 Å². The Kier molecular flexibility index (Phi) is 4.82. The predicted octanol–water partition coefficient (Wildman–Crippen LogP) is 3.47. The zero-order chi connectivity index (χ0) is 17.4. The van der Waals surface area contributed by atoms with Crippen LogP contribution in [0.25, 0.3) is 0 Å². The summed E-state index contributed by atoms with van der Waals surface area (Å²) >= 11 is 5.77. The molecule has 25 heavy (non-hydrogen) atoms. The average molecular weight is 365 g/mol. The molecule has 0 aliphatic carbocycles. The number of benzene rings is 1. The number of hydrogen-bond donors (Lipinski definition) is 0. The molecule has 0 unspecified atom stereocenters. The molecule has 4 nitrogen and oxygen atoms in total. The van der Waals surface area contributed by atoms with Gasteiger partial charge in [-0.2, -0.15) is 0 Å². The molecule has 1 aromatic carbocycles. The van der Waals surface area contributed by atoms with Crippen LogP contribution in [0.1, 0.15) is 17.1 Å². The van der Waals surface area contributed by atoms with Crippen molar-refractivity contribution in [2.75, 3.05) is 26.2 Å². The van der Waals surface area contributed by atoms with Crippen LogP contribution < -0.4 is 0 Å². The van der Waals surface area contributed by atoms with Crippen LogP contribution in [0, 0.1) is 12.7 Å². The molecule has 0 radical (unpaired) electrons. The maximum atomic E-state index is 13.7. The molecule has 0 spiro atoms. The molecule has 0 bridgehead atoms. The third kappa shape index (κ3) is 3.75. The summed E-state index contributed by atoms with van der Waals surface area (Å²) in [6, 6.07) is 9.42. The Morgan fingerprint density at radius 3 is 2.84 bits per heavy atom. The van der Waals surface area contributed by atoms with E-state index in [-0.39, 0.29) is 16.9 Å². The van der Waals surface area contributed by atoms with Gasteiger partial charge in [-0.3, -0.25) is 9.80 Å². The second kappa shape index (κ2) is 7.08. The van der Waals surface area contributed by atoms with E-state index in [1.807, 2.05) is 25.1 Å². The number of furan rings is 1. The van der Waals surface area contributed by atoms with Crippen molar-refractivity contribution in [3.05, 3.63) is 58.3 Å². The molecule has 134 valence electrons. The molecule has 0 amide bonds. The number of rotatable bonds is 4. The summed E-state index contributed by atoms with van der Waals surface area (Å²) in [4.78, 5) is 4.76. The van der Waals surface area contributed by atoms with Gasteiger partial charge in [0, 0.05) is 26.2 Å². The van der Waals surface area contributed by atoms with Crippen molar-refractivity contribution in [2.45, 2.75) is 32.2 Å². The van der Waals surface area contributed by atoms with Crippen molar-refractivity contribution in [2.24, 2.45) is 0 Å². The number of nitrogens with zero attached hydrogens (tertiary/aromatic N) is 2. The summed E-state index contributed by atoms with van der Waals surface area (Å²) < 4.78 is 25.4. The lowest BCUT2D eigenvalue weighted by atomic mass is 10.1. The summed E-state index contributed by atoms with van der Waals surface area (Å²) in [7, 11) is 0. The van der Waals surface area contributed by atoms with Gasteiger partial charge < -0.3 is 9.15 Å². The predicted molar refractivity (Wildman–Crippen MR) is 94.1 cm³/mol. The largest absolute Gasteiger partial charge is 0.465 e. The Morgan fingerprint density at radius 2 is 2.08 bits per heavy atom. The molecule has 2 aliphatic heterocycles. The standard InChI is InChI=1S/C19H22ClFN2O2/c1-13-2-4-15(25-13)10-23-6-7-24-19-12-22(11-18(19)23)9-14-3-5-16(20)17(21)8-14/h2-5,8,18-19H,6-7,9-12H2,1H3/t18-,19+/m1/s1. The molecule has 1 aromatic heterocycles. The lowest BCUT2D eigenvalue weighted by molar-refractivity contribution is -0.0523. The Morgan fingerprint density at radius 1 is 1.20 bits per heavy atom. The number of fused-ring (bicyclic) bond motifs is 1. The van der Waals surface area contributed by atoms with Gasteiger partial charge in [0.1, 0.15) is 17.3 Å². The highest BCUT2D eigenvalue weighted by molar-refractivity contribution is 6.30. The molecule has 0 saturated carbocycles. The van der Waals surface area contributed by atoms with Gasteiger partial charge in [-0.25, -0.2) is 4.39 Å². The summed E-state index contributed by atoms with van der Waals surface area (Å²) in [6.07, 6.45) is 0.196. The molecule has 2 saturated heterocycles. The van der Waals surface area contributed by atoms with Gasteiger partial charge in [0.25, 0.3) is 0 Å². The first-order valence-electron chi connectivity index (χ1n) is 8.66. The normalized spacial score (nSPS) is 24.6. The number of halogens is 2. The fraction of sp³-hybridized carbons (Fsp3) is 0.474. The van der Waals surface area contributed by atoms with E-state index < -0.39 is 0 Å². The van der Waals surface area contributed by atoms with Crippen LogP contribution in [0.4, 0.5) is 4.39 Å². The zero-order valence-electron chi connectivity index (χ0n) is 14.3. The van der Waals surface area contributed by atoms with Crippen molar-refractivity contribution in [1.29, 1.82) is 0 Å². The summed E-state index contributed by atoms with van der Waals surface area (Å²) in [6.45, 7) is 6.90. The summed E-state index contributed by atoms with van der Waals surface area (Å²) in [5.41, 5.74) is 0.939. The first-order chi connectivity index (χ1) is 12.1. The second-order valence-electron chi connectivity index (χ2n) is 6.90. The van der Waals surface area contributed by atoms with Crippen LogP contribution >= 0.6 is 11.6 Å². The third-order valence-corrected chi connectivity index (χ3v) is 5.34. The number of morpholine rings is 1. The summed E-state index contributed by atoms with van der Waals surface area (Å²) in [5.74, 6) is 1.58. The summed E-state index contributed by atoms with van der Waals surface area (Å²) in [5, 5.41) is 0.169. The topological polar surface area (TPSA) is 28.9 Å². The van der Waals surface area contributed by atoms with Crippen molar-refractivity contribution in [3.8, 4) is 0 Å². The highest BCUT2D eigenvalue weighted by atomic mass is 35.5. The molecule has 2 fully saturated rings. The van der Waals surface area contributed by atoms with Crippen LogP contribution in [0.2, 0.25) is 5.02 Å². The van der Waals surface area contributed by atoms with Crippen molar-refractivity contribution >= 4 is 11.6 Å². The molecule has 4 rings (SSSR count). The van der Waals surface area contributed by atoms with Crippen molar-refractivity contribution < 1.29 is 13.5 Å². The number of ether oxygens (including phenoxy) is 1. The maximum absolute atomic E-state index is 13.7. The van der Waals surface area contributed by atoms with E-state index in [4.69, 9.17) is 20.8 Å². The van der Waals surface area contributed by atoms with E-state index in [2.05, 4.69) is 9.80 Å². The molecular weight excluding hydrogens is 343 g/mol. The van der Waals surface area contributed by atoms with Gasteiger partial charge in [-0.05, 0) is 36.8 Å². The Labute approximate surface area is 152 Å². The van der Waals surface area contributed by atoms with Gasteiger partial charge in [0.15, 0.2) is 0 Å². The van der Waals surface area contributed by atoms with Crippen LogP contribution in [0.3, 0.4) is 0 Å². The van der Waals surface area contributed by atoms with E-state index in [1.165, 1.54) is 6.07 Å². The minimum absolute atomic E-state index is 0.169. The minimum atomic E-state index is -0.359. The lowest BCUT2D eigenvalue weighted by Gasteiger charge is -2.36. The third-order valence-electron chi connectivity index (χ3n) is 5.04. The molecule has 3 heterocycles. The van der Waals surface area contributed by atoms with E-state index in [0.29, 0.717) is 12.6 Å². The van der Waals surface area contributed by atoms with E-state index in [9.17, 15) is 4.39 Å². The van der Waals surface area contributed by atoms with Crippen molar-refractivity contribution in [1.82, 2.24) is 9.80 Å². The average Bonchev–Trinajstić information content (AvgIpc) is 3.17. The smallest absolute Gasteiger partial charge is 0.142 e. The highest BCUT2D eigenvalue weighted by Gasteiger charge is 2.40. The number of likely N-dealkylation sites (tertiary alicyclic amines) is 1. The van der Waals surface area contributed by atoms with Crippen LogP contribution in [-0.4, -0.2) is 48.2 Å². The molecule has 0 N–H and O–H groups in total. The van der Waals surface area contributed by atoms with E-state index in [0.717, 1.165) is 49.9 Å². The second-order valence-corrected chi connectivity index (χ2v) is 7.31. The lowest BCUT2D eigenvalue weighted by Crippen LogP contribution is -2.50.